The number of nitrogens with one attached hydrogen (secondary N) is 2. The Morgan fingerprint density at radius 1 is 1.03 bits per heavy atom. The number of halogens is 2. The van der Waals surface area contributed by atoms with Gasteiger partial charge in [0, 0.05) is 13.5 Å². The Kier molecular flexibility index (Phi) is 7.92. The summed E-state index contributed by atoms with van der Waals surface area (Å²) in [7, 11) is 1.40. The molecule has 0 heterocycles. The molecule has 1 unspecified atom stereocenters. The maximum atomic E-state index is 13.5. The lowest BCUT2D eigenvalue weighted by molar-refractivity contribution is -0.129. The van der Waals surface area contributed by atoms with Crippen LogP contribution in [0.5, 0.6) is 5.75 Å². The van der Waals surface area contributed by atoms with E-state index in [0.29, 0.717) is 18.8 Å². The van der Waals surface area contributed by atoms with Crippen molar-refractivity contribution in [3.63, 3.8) is 0 Å². The molecule has 2 aromatic rings. The van der Waals surface area contributed by atoms with Crippen molar-refractivity contribution in [3.8, 4) is 5.75 Å². The molecule has 0 aromatic heterocycles. The molecule has 2 aromatic carbocycles. The largest absolute Gasteiger partial charge is 0.494 e. The maximum absolute atomic E-state index is 13.5. The van der Waals surface area contributed by atoms with Gasteiger partial charge in [0.25, 0.3) is 0 Å². The monoisotopic (exact) mass is 418 g/mol. The van der Waals surface area contributed by atoms with Crippen LogP contribution in [0.3, 0.4) is 0 Å². The van der Waals surface area contributed by atoms with Crippen LogP contribution in [-0.4, -0.2) is 25.5 Å². The second kappa shape index (κ2) is 10.2. The molecule has 7 heteroatoms. The predicted molar refractivity (Wildman–Crippen MR) is 111 cm³/mol. The van der Waals surface area contributed by atoms with E-state index in [1.165, 1.54) is 18.7 Å². The average Bonchev–Trinajstić information content (AvgIpc) is 2.70. The van der Waals surface area contributed by atoms with E-state index in [1.807, 2.05) is 24.3 Å². The van der Waals surface area contributed by atoms with E-state index in [9.17, 15) is 18.4 Å². The Morgan fingerprint density at radius 2 is 1.70 bits per heavy atom. The smallest absolute Gasteiger partial charge is 0.246 e. The fourth-order valence-electron chi connectivity index (χ4n) is 2.84. The minimum atomic E-state index is -1.11. The summed E-state index contributed by atoms with van der Waals surface area (Å²) in [4.78, 5) is 24.3. The molecule has 2 amide bonds. The summed E-state index contributed by atoms with van der Waals surface area (Å²) in [6, 6.07) is 9.80. The summed E-state index contributed by atoms with van der Waals surface area (Å²) >= 11 is 0. The number of benzene rings is 2. The highest BCUT2D eigenvalue weighted by Gasteiger charge is 2.23. The Bertz CT molecular complexity index is 877. The molecule has 5 nitrogen and oxygen atoms in total. The molecule has 0 saturated heterocycles. The first kappa shape index (κ1) is 23.3. The first-order valence-electron chi connectivity index (χ1n) is 9.81. The van der Waals surface area contributed by atoms with Crippen molar-refractivity contribution < 1.29 is 23.1 Å². The topological polar surface area (TPSA) is 67.4 Å². The standard InChI is InChI=1S/C23H28F2N2O3/c1-23(2,3)16-8-10-17(11-9-16)30-13-5-6-20(28)27-21(22(29)26-4)15-7-12-18(24)19(25)14-15/h7-12,14,21H,5-6,13H2,1-4H3,(H,26,29)(H,27,28). The Balaban J connectivity index is 1.87. The quantitative estimate of drug-likeness (QED) is 0.636. The van der Waals surface area contributed by atoms with Gasteiger partial charge in [-0.3, -0.25) is 9.59 Å². The SMILES string of the molecule is CNC(=O)C(NC(=O)CCCOc1ccc(C(C)(C)C)cc1)c1ccc(F)c(F)c1. The number of ether oxygens (including phenoxy) is 1. The Morgan fingerprint density at radius 3 is 2.27 bits per heavy atom. The van der Waals surface area contributed by atoms with Crippen LogP contribution in [0.25, 0.3) is 0 Å². The molecule has 2 rings (SSSR count). The van der Waals surface area contributed by atoms with Gasteiger partial charge in [-0.05, 0) is 47.2 Å². The van der Waals surface area contributed by atoms with Crippen molar-refractivity contribution in [2.24, 2.45) is 0 Å². The third kappa shape index (κ3) is 6.54. The van der Waals surface area contributed by atoms with Gasteiger partial charge >= 0.3 is 0 Å². The van der Waals surface area contributed by atoms with Crippen molar-refractivity contribution in [2.75, 3.05) is 13.7 Å². The molecule has 0 bridgehead atoms. The second-order valence-electron chi connectivity index (χ2n) is 8.01. The highest BCUT2D eigenvalue weighted by molar-refractivity contribution is 5.88. The number of rotatable bonds is 8. The number of carbonyl (C=O) groups excluding carboxylic acids is 2. The summed E-state index contributed by atoms with van der Waals surface area (Å²) in [5, 5.41) is 4.97. The normalized spacial score (nSPS) is 12.2. The second-order valence-corrected chi connectivity index (χ2v) is 8.01. The molecule has 0 spiro atoms. The van der Waals surface area contributed by atoms with Crippen LogP contribution in [-0.2, 0) is 15.0 Å². The molecule has 0 radical (unpaired) electrons. The van der Waals surface area contributed by atoms with E-state index in [4.69, 9.17) is 4.74 Å². The zero-order valence-corrected chi connectivity index (χ0v) is 17.7. The molecule has 0 saturated carbocycles. The van der Waals surface area contributed by atoms with Crippen molar-refractivity contribution in [2.45, 2.75) is 45.1 Å². The molecule has 2 N–H and O–H groups in total. The molecule has 162 valence electrons. The zero-order chi connectivity index (χ0) is 22.3. The van der Waals surface area contributed by atoms with Crippen molar-refractivity contribution in [1.82, 2.24) is 10.6 Å². The van der Waals surface area contributed by atoms with E-state index in [2.05, 4.69) is 31.4 Å². The fraction of sp³-hybridized carbons (Fsp3) is 0.391. The number of likely N-dealkylation sites (N-methyl/N-ethyl adjacent to an activating group) is 1. The number of carbonyl (C=O) groups is 2. The maximum Gasteiger partial charge on any atom is 0.246 e. The van der Waals surface area contributed by atoms with E-state index in [1.54, 1.807) is 0 Å². The van der Waals surface area contributed by atoms with Crippen LogP contribution in [0.15, 0.2) is 42.5 Å². The Labute approximate surface area is 175 Å². The van der Waals surface area contributed by atoms with Gasteiger partial charge in [0.05, 0.1) is 6.61 Å². The molecule has 30 heavy (non-hydrogen) atoms. The van der Waals surface area contributed by atoms with Gasteiger partial charge in [-0.2, -0.15) is 0 Å². The molecular formula is C23H28F2N2O3. The minimum Gasteiger partial charge on any atom is -0.494 e. The lowest BCUT2D eigenvalue weighted by Crippen LogP contribution is -2.39. The van der Waals surface area contributed by atoms with Crippen LogP contribution in [0.1, 0.15) is 50.8 Å². The minimum absolute atomic E-state index is 0.0609. The number of hydrogen-bond acceptors (Lipinski definition) is 3. The van der Waals surface area contributed by atoms with Crippen LogP contribution >= 0.6 is 0 Å². The van der Waals surface area contributed by atoms with E-state index >= 15 is 0 Å². The van der Waals surface area contributed by atoms with Gasteiger partial charge in [0.15, 0.2) is 11.6 Å². The fourth-order valence-corrected chi connectivity index (χ4v) is 2.84. The third-order valence-corrected chi connectivity index (χ3v) is 4.63. The Hall–Kier alpha value is -2.96. The van der Waals surface area contributed by atoms with Gasteiger partial charge in [-0.1, -0.05) is 39.0 Å². The van der Waals surface area contributed by atoms with Crippen LogP contribution in [0, 0.1) is 11.6 Å². The summed E-state index contributed by atoms with van der Waals surface area (Å²) < 4.78 is 32.3. The molecule has 0 aliphatic rings. The van der Waals surface area contributed by atoms with Gasteiger partial charge in [-0.15, -0.1) is 0 Å². The molecule has 1 atom stereocenters. The van der Waals surface area contributed by atoms with Gasteiger partial charge in [0.1, 0.15) is 11.8 Å². The number of hydrogen-bond donors (Lipinski definition) is 2. The lowest BCUT2D eigenvalue weighted by atomic mass is 9.87. The summed E-state index contributed by atoms with van der Waals surface area (Å²) in [5.74, 6) is -2.30. The predicted octanol–water partition coefficient (Wildman–Crippen LogP) is 4.02. The number of amides is 2. The highest BCUT2D eigenvalue weighted by atomic mass is 19.2. The van der Waals surface area contributed by atoms with Crippen LogP contribution in [0.4, 0.5) is 8.78 Å². The van der Waals surface area contributed by atoms with Crippen LogP contribution in [0.2, 0.25) is 0 Å². The van der Waals surface area contributed by atoms with Crippen LogP contribution < -0.4 is 15.4 Å². The van der Waals surface area contributed by atoms with Gasteiger partial charge in [-0.25, -0.2) is 8.78 Å². The van der Waals surface area contributed by atoms with Crippen molar-refractivity contribution in [1.29, 1.82) is 0 Å². The third-order valence-electron chi connectivity index (χ3n) is 4.63. The zero-order valence-electron chi connectivity index (χ0n) is 17.7. The van der Waals surface area contributed by atoms with Crippen molar-refractivity contribution in [3.05, 3.63) is 65.2 Å². The molecular weight excluding hydrogens is 390 g/mol. The highest BCUT2D eigenvalue weighted by Crippen LogP contribution is 2.24. The first-order chi connectivity index (χ1) is 14.1. The average molecular weight is 418 g/mol. The first-order valence-corrected chi connectivity index (χ1v) is 9.81. The summed E-state index contributed by atoms with van der Waals surface area (Å²) in [6.07, 6.45) is 0.558. The molecule has 0 aliphatic carbocycles. The van der Waals surface area contributed by atoms with Crippen molar-refractivity contribution >= 4 is 11.8 Å². The summed E-state index contributed by atoms with van der Waals surface area (Å²) in [5.41, 5.74) is 1.43. The molecule has 0 aliphatic heterocycles. The summed E-state index contributed by atoms with van der Waals surface area (Å²) in [6.45, 7) is 6.73. The lowest BCUT2D eigenvalue weighted by Gasteiger charge is -2.19. The van der Waals surface area contributed by atoms with E-state index < -0.39 is 23.6 Å². The molecule has 0 fully saturated rings. The van der Waals surface area contributed by atoms with E-state index in [-0.39, 0.29) is 23.3 Å². The van der Waals surface area contributed by atoms with Gasteiger partial charge < -0.3 is 15.4 Å². The van der Waals surface area contributed by atoms with Gasteiger partial charge in [0.2, 0.25) is 11.8 Å². The van der Waals surface area contributed by atoms with E-state index in [0.717, 1.165) is 12.1 Å².